The summed E-state index contributed by atoms with van der Waals surface area (Å²) in [6.45, 7) is 3.18. The smallest absolute Gasteiger partial charge is 0.231 e. The number of aromatic nitrogens is 3. The molecular weight excluding hydrogens is 376 g/mol. The highest BCUT2D eigenvalue weighted by Gasteiger charge is 2.18. The van der Waals surface area contributed by atoms with Gasteiger partial charge in [0.1, 0.15) is 0 Å². The lowest BCUT2D eigenvalue weighted by Crippen LogP contribution is -2.38. The normalized spacial score (nSPS) is 15.3. The Morgan fingerprint density at radius 2 is 1.93 bits per heavy atom. The number of ether oxygens (including phenoxy) is 3. The number of nitrogens with zero attached hydrogens (tertiary/aromatic N) is 5. The second-order valence-electron chi connectivity index (χ2n) is 6.99. The molecule has 1 amide bonds. The van der Waals surface area contributed by atoms with E-state index in [9.17, 15) is 4.79 Å². The third kappa shape index (κ3) is 4.65. The summed E-state index contributed by atoms with van der Waals surface area (Å²) in [6.07, 6.45) is 0.235. The van der Waals surface area contributed by atoms with Crippen molar-refractivity contribution in [2.45, 2.75) is 13.0 Å². The Morgan fingerprint density at radius 1 is 1.14 bits per heavy atom. The van der Waals surface area contributed by atoms with Crippen LogP contribution in [0.15, 0.2) is 18.2 Å². The second-order valence-corrected chi connectivity index (χ2v) is 6.99. The maximum Gasteiger partial charge on any atom is 0.231 e. The number of benzene rings is 1. The summed E-state index contributed by atoms with van der Waals surface area (Å²) in [4.78, 5) is 29.8. The van der Waals surface area contributed by atoms with Gasteiger partial charge in [0.2, 0.25) is 24.6 Å². The summed E-state index contributed by atoms with van der Waals surface area (Å²) in [5.74, 6) is 2.92. The van der Waals surface area contributed by atoms with Crippen LogP contribution >= 0.6 is 0 Å². The van der Waals surface area contributed by atoms with Crippen molar-refractivity contribution in [3.8, 4) is 11.5 Å². The molecule has 0 aliphatic carbocycles. The summed E-state index contributed by atoms with van der Waals surface area (Å²) < 4.78 is 16.0. The minimum Gasteiger partial charge on any atom is -0.454 e. The van der Waals surface area contributed by atoms with Gasteiger partial charge in [-0.05, 0) is 17.7 Å². The van der Waals surface area contributed by atoms with E-state index in [0.717, 1.165) is 18.7 Å². The van der Waals surface area contributed by atoms with Gasteiger partial charge in [0, 0.05) is 27.2 Å². The quantitative estimate of drug-likeness (QED) is 0.736. The van der Waals surface area contributed by atoms with Gasteiger partial charge >= 0.3 is 0 Å². The molecule has 2 aromatic rings. The minimum atomic E-state index is -0.122. The average Bonchev–Trinajstić information content (AvgIpc) is 3.20. The number of fused-ring (bicyclic) bond motifs is 1. The third-order valence-corrected chi connectivity index (χ3v) is 4.60. The number of rotatable bonds is 6. The first-order valence-corrected chi connectivity index (χ1v) is 9.49. The van der Waals surface area contributed by atoms with Crippen molar-refractivity contribution >= 4 is 17.8 Å². The number of hydrogen-bond acceptors (Lipinski definition) is 9. The highest BCUT2D eigenvalue weighted by Crippen LogP contribution is 2.32. The molecule has 154 valence electrons. The van der Waals surface area contributed by atoms with E-state index in [1.54, 1.807) is 0 Å². The van der Waals surface area contributed by atoms with Crippen LogP contribution in [0, 0.1) is 0 Å². The van der Waals surface area contributed by atoms with Gasteiger partial charge in [-0.2, -0.15) is 15.0 Å². The van der Waals surface area contributed by atoms with Crippen LogP contribution in [0.4, 0.5) is 11.9 Å². The molecule has 0 bridgehead atoms. The van der Waals surface area contributed by atoms with E-state index in [2.05, 4.69) is 25.2 Å². The van der Waals surface area contributed by atoms with Gasteiger partial charge in [-0.25, -0.2) is 0 Å². The zero-order valence-electron chi connectivity index (χ0n) is 16.6. The highest BCUT2D eigenvalue weighted by atomic mass is 16.7. The van der Waals surface area contributed by atoms with Gasteiger partial charge in [0.15, 0.2) is 17.3 Å². The van der Waals surface area contributed by atoms with Crippen LogP contribution in [0.3, 0.4) is 0 Å². The number of hydrogen-bond donors (Lipinski definition) is 1. The lowest BCUT2D eigenvalue weighted by atomic mass is 10.1. The molecule has 2 aliphatic heterocycles. The molecule has 0 saturated carbocycles. The van der Waals surface area contributed by atoms with Crippen molar-refractivity contribution in [2.75, 3.05) is 57.0 Å². The van der Waals surface area contributed by atoms with E-state index in [-0.39, 0.29) is 25.7 Å². The Balaban J connectivity index is 1.41. The van der Waals surface area contributed by atoms with Crippen molar-refractivity contribution in [3.05, 3.63) is 29.6 Å². The first kappa shape index (κ1) is 19.2. The van der Waals surface area contributed by atoms with Crippen molar-refractivity contribution < 1.29 is 19.0 Å². The second kappa shape index (κ2) is 8.48. The number of anilines is 2. The molecule has 1 fully saturated rings. The van der Waals surface area contributed by atoms with Crippen molar-refractivity contribution in [2.24, 2.45) is 0 Å². The highest BCUT2D eigenvalue weighted by molar-refractivity contribution is 5.78. The van der Waals surface area contributed by atoms with Crippen molar-refractivity contribution in [3.63, 3.8) is 0 Å². The van der Waals surface area contributed by atoms with Crippen LogP contribution in [0.25, 0.3) is 0 Å². The summed E-state index contributed by atoms with van der Waals surface area (Å²) >= 11 is 0. The largest absolute Gasteiger partial charge is 0.454 e. The van der Waals surface area contributed by atoms with Crippen LogP contribution in [0.2, 0.25) is 0 Å². The van der Waals surface area contributed by atoms with Crippen LogP contribution in [-0.2, 0) is 22.5 Å². The van der Waals surface area contributed by atoms with E-state index in [1.165, 1.54) is 0 Å². The SMILES string of the molecule is CN(C)c1nc(CNC(=O)Cc2ccc3c(c2)OCO3)nc(N2CCOCC2)n1. The molecule has 1 N–H and O–H groups in total. The van der Waals surface area contributed by atoms with Gasteiger partial charge in [0.05, 0.1) is 26.2 Å². The number of carbonyl (C=O) groups excluding carboxylic acids is 1. The fourth-order valence-electron chi connectivity index (χ4n) is 3.06. The molecular formula is C19H24N6O4. The van der Waals surface area contributed by atoms with Gasteiger partial charge in [-0.15, -0.1) is 0 Å². The van der Waals surface area contributed by atoms with Crippen molar-refractivity contribution in [1.29, 1.82) is 0 Å². The molecule has 2 aliphatic rings. The number of nitrogens with one attached hydrogen (secondary N) is 1. The Hall–Kier alpha value is -3.14. The molecule has 0 atom stereocenters. The zero-order valence-corrected chi connectivity index (χ0v) is 16.6. The summed E-state index contributed by atoms with van der Waals surface area (Å²) in [5.41, 5.74) is 0.852. The predicted molar refractivity (Wildman–Crippen MR) is 105 cm³/mol. The minimum absolute atomic E-state index is 0.122. The first-order chi connectivity index (χ1) is 14.1. The van der Waals surface area contributed by atoms with E-state index in [1.807, 2.05) is 37.2 Å². The molecule has 10 heteroatoms. The van der Waals surface area contributed by atoms with E-state index in [0.29, 0.717) is 42.4 Å². The Bertz CT molecular complexity index is 885. The lowest BCUT2D eigenvalue weighted by molar-refractivity contribution is -0.120. The van der Waals surface area contributed by atoms with Gasteiger partial charge < -0.3 is 29.3 Å². The summed E-state index contributed by atoms with van der Waals surface area (Å²) in [7, 11) is 3.75. The number of carbonyl (C=O) groups is 1. The first-order valence-electron chi connectivity index (χ1n) is 9.49. The predicted octanol–water partition coefficient (Wildman–Crippen LogP) is 0.362. The van der Waals surface area contributed by atoms with Gasteiger partial charge in [-0.1, -0.05) is 6.07 Å². The third-order valence-electron chi connectivity index (χ3n) is 4.60. The Labute approximate surface area is 168 Å². The lowest BCUT2D eigenvalue weighted by Gasteiger charge is -2.27. The Morgan fingerprint density at radius 3 is 2.72 bits per heavy atom. The van der Waals surface area contributed by atoms with Crippen LogP contribution < -0.4 is 24.6 Å². The summed E-state index contributed by atoms with van der Waals surface area (Å²) in [6, 6.07) is 5.50. The molecule has 3 heterocycles. The number of amides is 1. The molecule has 0 spiro atoms. The zero-order chi connectivity index (χ0) is 20.2. The van der Waals surface area contributed by atoms with Crippen LogP contribution in [0.5, 0.6) is 11.5 Å². The molecule has 1 saturated heterocycles. The van der Waals surface area contributed by atoms with E-state index >= 15 is 0 Å². The molecule has 29 heavy (non-hydrogen) atoms. The maximum absolute atomic E-state index is 12.4. The van der Waals surface area contributed by atoms with Crippen LogP contribution in [0.1, 0.15) is 11.4 Å². The molecule has 1 aromatic carbocycles. The fourth-order valence-corrected chi connectivity index (χ4v) is 3.06. The van der Waals surface area contributed by atoms with Gasteiger partial charge in [-0.3, -0.25) is 4.79 Å². The van der Waals surface area contributed by atoms with Crippen molar-refractivity contribution in [1.82, 2.24) is 20.3 Å². The molecule has 10 nitrogen and oxygen atoms in total. The van der Waals surface area contributed by atoms with Gasteiger partial charge in [0.25, 0.3) is 0 Å². The maximum atomic E-state index is 12.4. The monoisotopic (exact) mass is 400 g/mol. The standard InChI is InChI=1S/C19H24N6O4/c1-24(2)18-21-16(22-19(23-18)25-5-7-27-8-6-25)11-20-17(26)10-13-3-4-14-15(9-13)29-12-28-14/h3-4,9H,5-8,10-12H2,1-2H3,(H,20,26). The summed E-state index contributed by atoms with van der Waals surface area (Å²) in [5, 5.41) is 2.89. The van der Waals surface area contributed by atoms with E-state index in [4.69, 9.17) is 14.2 Å². The molecule has 1 aromatic heterocycles. The number of morpholine rings is 1. The van der Waals surface area contributed by atoms with Crippen LogP contribution in [-0.4, -0.2) is 68.1 Å². The fraction of sp³-hybridized carbons (Fsp3) is 0.474. The Kier molecular flexibility index (Phi) is 5.61. The molecule has 4 rings (SSSR count). The topological polar surface area (TPSA) is 102 Å². The molecule has 0 radical (unpaired) electrons. The average molecular weight is 400 g/mol. The van der Waals surface area contributed by atoms with E-state index < -0.39 is 0 Å². The molecule has 0 unspecified atom stereocenters.